The number of carbonyl (C=O) groups is 1. The Morgan fingerprint density at radius 3 is 2.83 bits per heavy atom. The van der Waals surface area contributed by atoms with Gasteiger partial charge in [-0.05, 0) is 37.0 Å². The third kappa shape index (κ3) is 3.72. The third-order valence-corrected chi connectivity index (χ3v) is 6.43. The lowest BCUT2D eigenvalue weighted by atomic mass is 9.99. The van der Waals surface area contributed by atoms with Crippen molar-refractivity contribution in [1.29, 1.82) is 0 Å². The van der Waals surface area contributed by atoms with E-state index in [9.17, 15) is 17.6 Å². The minimum absolute atomic E-state index is 0.0290. The number of benzene rings is 1. The van der Waals surface area contributed by atoms with Gasteiger partial charge in [-0.15, -0.1) is 4.40 Å². The molecule has 1 N–H and O–H groups in total. The van der Waals surface area contributed by atoms with Crippen molar-refractivity contribution < 1.29 is 17.6 Å². The normalized spacial score (nSPS) is 20.1. The Hall–Kier alpha value is -1.61. The van der Waals surface area contributed by atoms with E-state index in [1.807, 2.05) is 0 Å². The molecule has 0 saturated carbocycles. The number of nitrogens with one attached hydrogen (secondary N) is 1. The molecule has 6 nitrogen and oxygen atoms in total. The summed E-state index contributed by atoms with van der Waals surface area (Å²) in [6.45, 7) is 3.64. The standard InChI is InChI=1S/C15H18FN3O3S2/c1-10-4-6-19(7-5-10)14(20)9-23-15-17-12-3-2-11(16)8-13(12)24(21,22)18-15/h2-3,8,10H,4-7,9H2,1H3,(H,17,18). The third-order valence-electron chi connectivity index (χ3n) is 4.13. The van der Waals surface area contributed by atoms with E-state index < -0.39 is 15.8 Å². The predicted molar refractivity (Wildman–Crippen MR) is 92.1 cm³/mol. The number of piperidine rings is 1. The van der Waals surface area contributed by atoms with E-state index in [0.29, 0.717) is 5.92 Å². The first-order valence-corrected chi connectivity index (χ1v) is 10.1. The van der Waals surface area contributed by atoms with Gasteiger partial charge in [0.2, 0.25) is 5.91 Å². The number of fused-ring (bicyclic) bond motifs is 1. The van der Waals surface area contributed by atoms with Crippen LogP contribution in [0.3, 0.4) is 0 Å². The maximum absolute atomic E-state index is 13.2. The number of amidine groups is 1. The number of sulfonamides is 1. The highest BCUT2D eigenvalue weighted by atomic mass is 32.2. The Kier molecular flexibility index (Phi) is 4.82. The number of hydrogen-bond acceptors (Lipinski definition) is 5. The molecule has 0 aliphatic carbocycles. The van der Waals surface area contributed by atoms with E-state index in [0.717, 1.165) is 43.8 Å². The van der Waals surface area contributed by atoms with E-state index in [2.05, 4.69) is 16.6 Å². The molecule has 0 unspecified atom stereocenters. The number of hydrogen-bond donors (Lipinski definition) is 1. The second kappa shape index (κ2) is 6.72. The maximum Gasteiger partial charge on any atom is 0.286 e. The molecular formula is C15H18FN3O3S2. The van der Waals surface area contributed by atoms with Crippen molar-refractivity contribution in [3.63, 3.8) is 0 Å². The number of thioether (sulfide) groups is 1. The lowest BCUT2D eigenvalue weighted by molar-refractivity contribution is -0.129. The second-order valence-electron chi connectivity index (χ2n) is 5.99. The molecule has 2 aliphatic rings. The topological polar surface area (TPSA) is 78.8 Å². The van der Waals surface area contributed by atoms with Gasteiger partial charge in [-0.3, -0.25) is 4.79 Å². The Bertz CT molecular complexity index is 787. The van der Waals surface area contributed by atoms with Gasteiger partial charge in [-0.1, -0.05) is 18.7 Å². The van der Waals surface area contributed by atoms with Crippen molar-refractivity contribution in [2.75, 3.05) is 24.2 Å². The number of amides is 1. The average Bonchev–Trinajstić information content (AvgIpc) is 2.53. The van der Waals surface area contributed by atoms with Crippen LogP contribution < -0.4 is 5.32 Å². The quantitative estimate of drug-likeness (QED) is 0.863. The highest BCUT2D eigenvalue weighted by molar-refractivity contribution is 8.15. The molecule has 2 aliphatic heterocycles. The molecule has 1 fully saturated rings. The maximum atomic E-state index is 13.2. The summed E-state index contributed by atoms with van der Waals surface area (Å²) in [4.78, 5) is 13.8. The molecule has 1 amide bonds. The summed E-state index contributed by atoms with van der Waals surface area (Å²) < 4.78 is 41.1. The van der Waals surface area contributed by atoms with Gasteiger partial charge in [-0.25, -0.2) is 4.39 Å². The number of halogens is 1. The first-order chi connectivity index (χ1) is 11.3. The lowest BCUT2D eigenvalue weighted by Gasteiger charge is -2.30. The molecule has 9 heteroatoms. The molecule has 1 aromatic rings. The van der Waals surface area contributed by atoms with Crippen LogP contribution in [0.15, 0.2) is 27.5 Å². The Morgan fingerprint density at radius 1 is 1.42 bits per heavy atom. The fraction of sp³-hybridized carbons (Fsp3) is 0.467. The average molecular weight is 371 g/mol. The van der Waals surface area contributed by atoms with Gasteiger partial charge in [0.1, 0.15) is 10.7 Å². The van der Waals surface area contributed by atoms with E-state index in [4.69, 9.17) is 0 Å². The van der Waals surface area contributed by atoms with Crippen molar-refractivity contribution in [2.45, 2.75) is 24.7 Å². The molecule has 0 radical (unpaired) electrons. The van der Waals surface area contributed by atoms with E-state index >= 15 is 0 Å². The summed E-state index contributed by atoms with van der Waals surface area (Å²) in [5.74, 6) is 0.0819. The smallest absolute Gasteiger partial charge is 0.286 e. The molecule has 0 atom stereocenters. The fourth-order valence-electron chi connectivity index (χ4n) is 2.65. The van der Waals surface area contributed by atoms with Crippen LogP contribution >= 0.6 is 11.8 Å². The van der Waals surface area contributed by atoms with Gasteiger partial charge in [0, 0.05) is 13.1 Å². The zero-order chi connectivity index (χ0) is 17.3. The SMILES string of the molecule is CC1CCN(C(=O)CSC2=NS(=O)(=O)c3cc(F)ccc3N2)CC1. The van der Waals surface area contributed by atoms with Crippen LogP contribution in [0.1, 0.15) is 19.8 Å². The van der Waals surface area contributed by atoms with Gasteiger partial charge in [0.15, 0.2) is 5.17 Å². The monoisotopic (exact) mass is 371 g/mol. The molecule has 0 aromatic heterocycles. The van der Waals surface area contributed by atoms with Gasteiger partial charge in [0.05, 0.1) is 11.4 Å². The summed E-state index contributed by atoms with van der Waals surface area (Å²) in [5.41, 5.74) is 0.271. The molecule has 1 aromatic carbocycles. The first-order valence-electron chi connectivity index (χ1n) is 7.67. The summed E-state index contributed by atoms with van der Waals surface area (Å²) in [5, 5.41) is 2.97. The summed E-state index contributed by atoms with van der Waals surface area (Å²) in [6.07, 6.45) is 1.98. The van der Waals surface area contributed by atoms with Crippen molar-refractivity contribution in [3.8, 4) is 0 Å². The van der Waals surface area contributed by atoms with Crippen molar-refractivity contribution in [1.82, 2.24) is 4.90 Å². The summed E-state index contributed by atoms with van der Waals surface area (Å²) in [6, 6.07) is 3.46. The summed E-state index contributed by atoms with van der Waals surface area (Å²) >= 11 is 1.04. The van der Waals surface area contributed by atoms with Gasteiger partial charge >= 0.3 is 0 Å². The number of anilines is 1. The Labute approximate surface area is 144 Å². The minimum atomic E-state index is -3.95. The van der Waals surface area contributed by atoms with Crippen LogP contribution in [-0.2, 0) is 14.8 Å². The first kappa shape index (κ1) is 17.2. The number of carbonyl (C=O) groups excluding carboxylic acids is 1. The predicted octanol–water partition coefficient (Wildman–Crippen LogP) is 2.29. The van der Waals surface area contributed by atoms with E-state index in [1.165, 1.54) is 12.1 Å². The number of likely N-dealkylation sites (tertiary alicyclic amines) is 1. The van der Waals surface area contributed by atoms with Gasteiger partial charge in [0.25, 0.3) is 10.0 Å². The van der Waals surface area contributed by atoms with E-state index in [1.54, 1.807) is 4.90 Å². The Morgan fingerprint density at radius 2 is 2.12 bits per heavy atom. The number of rotatable bonds is 2. The zero-order valence-corrected chi connectivity index (χ0v) is 14.8. The van der Waals surface area contributed by atoms with Crippen molar-refractivity contribution in [2.24, 2.45) is 10.3 Å². The molecule has 3 rings (SSSR count). The largest absolute Gasteiger partial charge is 0.342 e. The van der Waals surface area contributed by atoms with Crippen LogP contribution in [0.25, 0.3) is 0 Å². The molecule has 130 valence electrons. The molecule has 0 spiro atoms. The zero-order valence-electron chi connectivity index (χ0n) is 13.2. The minimum Gasteiger partial charge on any atom is -0.342 e. The van der Waals surface area contributed by atoms with Crippen molar-refractivity contribution in [3.05, 3.63) is 24.0 Å². The molecule has 0 bridgehead atoms. The lowest BCUT2D eigenvalue weighted by Crippen LogP contribution is -2.39. The highest BCUT2D eigenvalue weighted by Crippen LogP contribution is 2.30. The molecule has 24 heavy (non-hydrogen) atoms. The van der Waals surface area contributed by atoms with E-state index in [-0.39, 0.29) is 27.4 Å². The molecule has 1 saturated heterocycles. The Balaban J connectivity index is 1.66. The van der Waals surface area contributed by atoms with Crippen LogP contribution in [0.5, 0.6) is 0 Å². The summed E-state index contributed by atoms with van der Waals surface area (Å²) in [7, 11) is -3.95. The second-order valence-corrected chi connectivity index (χ2v) is 8.53. The van der Waals surface area contributed by atoms with Crippen LogP contribution in [0.4, 0.5) is 10.1 Å². The molecule has 2 heterocycles. The van der Waals surface area contributed by atoms with Crippen LogP contribution in [-0.4, -0.2) is 43.2 Å². The number of nitrogens with zero attached hydrogens (tertiary/aromatic N) is 2. The fourth-order valence-corrected chi connectivity index (χ4v) is 4.80. The van der Waals surface area contributed by atoms with Gasteiger partial charge < -0.3 is 10.2 Å². The van der Waals surface area contributed by atoms with Gasteiger partial charge in [-0.2, -0.15) is 8.42 Å². The van der Waals surface area contributed by atoms with Crippen molar-refractivity contribution >= 4 is 38.5 Å². The molecular weight excluding hydrogens is 353 g/mol. The van der Waals surface area contributed by atoms with Crippen LogP contribution in [0.2, 0.25) is 0 Å². The van der Waals surface area contributed by atoms with Crippen LogP contribution in [0, 0.1) is 11.7 Å². The highest BCUT2D eigenvalue weighted by Gasteiger charge is 2.27.